The van der Waals surface area contributed by atoms with Crippen LogP contribution in [0.5, 0.6) is 0 Å². The van der Waals surface area contributed by atoms with Crippen LogP contribution in [0.4, 0.5) is 0 Å². The average molecular weight is 441 g/mol. The molecule has 1 atom stereocenters. The summed E-state index contributed by atoms with van der Waals surface area (Å²) < 4.78 is 6.01. The number of imidazole rings is 2. The van der Waals surface area contributed by atoms with Gasteiger partial charge in [0, 0.05) is 24.5 Å². The number of ketones is 1. The molecule has 0 fully saturated rings. The predicted molar refractivity (Wildman–Crippen MR) is 127 cm³/mol. The van der Waals surface area contributed by atoms with Crippen LogP contribution in [0.15, 0.2) is 70.4 Å². The molecule has 5 rings (SSSR count). The second-order valence-electron chi connectivity index (χ2n) is 8.31. The monoisotopic (exact) mass is 441 g/mol. The van der Waals surface area contributed by atoms with Crippen LogP contribution >= 0.6 is 0 Å². The molecule has 0 unspecified atom stereocenters. The minimum atomic E-state index is -0.876. The number of carbonyl (C=O) groups is 1. The lowest BCUT2D eigenvalue weighted by Crippen LogP contribution is -2.42. The fraction of sp³-hybridized carbons (Fsp3) is 0.200. The molecule has 0 spiro atoms. The van der Waals surface area contributed by atoms with Crippen LogP contribution in [0, 0.1) is 6.92 Å². The average Bonchev–Trinajstić information content (AvgIpc) is 3.35. The largest absolute Gasteiger partial charge is 0.333 e. The first kappa shape index (κ1) is 20.7. The maximum absolute atomic E-state index is 13.5. The Kier molecular flexibility index (Phi) is 4.67. The fourth-order valence-corrected chi connectivity index (χ4v) is 4.15. The Hall–Kier alpha value is -4.20. The molecule has 8 heteroatoms. The number of benzene rings is 2. The van der Waals surface area contributed by atoms with Crippen molar-refractivity contribution in [1.29, 1.82) is 0 Å². The number of hydrogen-bond acceptors (Lipinski definition) is 4. The lowest BCUT2D eigenvalue weighted by molar-refractivity contribution is -0.119. The molecule has 0 bridgehead atoms. The van der Waals surface area contributed by atoms with Gasteiger partial charge in [0.2, 0.25) is 5.78 Å². The van der Waals surface area contributed by atoms with E-state index in [4.69, 9.17) is 4.98 Å². The van der Waals surface area contributed by atoms with E-state index >= 15 is 0 Å². The predicted octanol–water partition coefficient (Wildman–Crippen LogP) is 3.26. The van der Waals surface area contributed by atoms with E-state index < -0.39 is 17.3 Å². The van der Waals surface area contributed by atoms with E-state index in [0.717, 1.165) is 27.1 Å². The first-order valence-electron chi connectivity index (χ1n) is 10.7. The molecular weight excluding hydrogens is 418 g/mol. The summed E-state index contributed by atoms with van der Waals surface area (Å²) >= 11 is 0. The molecule has 0 saturated heterocycles. The van der Waals surface area contributed by atoms with Crippen molar-refractivity contribution in [2.24, 2.45) is 7.05 Å². The van der Waals surface area contributed by atoms with Crippen LogP contribution in [0.2, 0.25) is 0 Å². The molecule has 0 aliphatic heterocycles. The van der Waals surface area contributed by atoms with Gasteiger partial charge < -0.3 is 0 Å². The number of hydrogen-bond donors (Lipinski definition) is 0. The first-order valence-corrected chi connectivity index (χ1v) is 10.7. The van der Waals surface area contributed by atoms with Gasteiger partial charge in [-0.3, -0.25) is 23.1 Å². The summed E-state index contributed by atoms with van der Waals surface area (Å²) in [4.78, 5) is 43.2. The highest BCUT2D eigenvalue weighted by Crippen LogP contribution is 2.29. The number of aryl methyl sites for hydroxylation is 2. The Morgan fingerprint density at radius 1 is 1.00 bits per heavy atom. The van der Waals surface area contributed by atoms with E-state index in [1.54, 1.807) is 18.4 Å². The quantitative estimate of drug-likeness (QED) is 0.429. The summed E-state index contributed by atoms with van der Waals surface area (Å²) in [6.07, 6.45) is 1.86. The zero-order chi connectivity index (χ0) is 23.4. The van der Waals surface area contributed by atoms with Crippen LogP contribution in [-0.4, -0.2) is 28.9 Å². The molecule has 0 aliphatic carbocycles. The van der Waals surface area contributed by atoms with Crippen LogP contribution < -0.4 is 11.2 Å². The minimum Gasteiger partial charge on any atom is -0.298 e. The van der Waals surface area contributed by atoms with Gasteiger partial charge in [0.25, 0.3) is 5.56 Å². The smallest absolute Gasteiger partial charge is 0.298 e. The van der Waals surface area contributed by atoms with Crippen molar-refractivity contribution < 1.29 is 4.79 Å². The molecule has 8 nitrogen and oxygen atoms in total. The second kappa shape index (κ2) is 7.44. The zero-order valence-corrected chi connectivity index (χ0v) is 18.8. The third-order valence-corrected chi connectivity index (χ3v) is 6.14. The van der Waals surface area contributed by atoms with Crippen molar-refractivity contribution in [3.8, 4) is 16.9 Å². The van der Waals surface area contributed by atoms with E-state index in [1.165, 1.54) is 11.5 Å². The van der Waals surface area contributed by atoms with Gasteiger partial charge in [-0.25, -0.2) is 9.36 Å². The SMILES string of the molecule is CC(=O)[C@H](C)n1c(=O)c2c(nc3n(-c4ccc(C)cc4)c(-c4ccccc4)cn23)n(C)c1=O. The van der Waals surface area contributed by atoms with Crippen molar-refractivity contribution in [3.63, 3.8) is 0 Å². The lowest BCUT2D eigenvalue weighted by atomic mass is 10.1. The van der Waals surface area contributed by atoms with E-state index in [9.17, 15) is 14.4 Å². The van der Waals surface area contributed by atoms with E-state index in [1.807, 2.05) is 72.3 Å². The molecule has 3 heterocycles. The number of fused-ring (bicyclic) bond motifs is 3. The zero-order valence-electron chi connectivity index (χ0n) is 18.8. The Morgan fingerprint density at radius 3 is 2.30 bits per heavy atom. The van der Waals surface area contributed by atoms with Crippen LogP contribution in [0.3, 0.4) is 0 Å². The van der Waals surface area contributed by atoms with E-state index in [2.05, 4.69) is 0 Å². The number of aromatic nitrogens is 5. The summed E-state index contributed by atoms with van der Waals surface area (Å²) in [6, 6.07) is 17.0. The molecule has 5 aromatic rings. The third kappa shape index (κ3) is 3.06. The highest BCUT2D eigenvalue weighted by Gasteiger charge is 2.25. The minimum absolute atomic E-state index is 0.253. The Labute approximate surface area is 189 Å². The van der Waals surface area contributed by atoms with Crippen molar-refractivity contribution in [2.45, 2.75) is 26.8 Å². The number of nitrogens with zero attached hydrogens (tertiary/aromatic N) is 5. The van der Waals surface area contributed by atoms with Gasteiger partial charge in [0.15, 0.2) is 16.9 Å². The van der Waals surface area contributed by atoms with E-state index in [-0.39, 0.29) is 16.9 Å². The maximum Gasteiger partial charge on any atom is 0.333 e. The molecule has 0 amide bonds. The molecule has 0 N–H and O–H groups in total. The second-order valence-corrected chi connectivity index (χ2v) is 8.31. The molecular formula is C25H23N5O3. The van der Waals surface area contributed by atoms with Gasteiger partial charge >= 0.3 is 5.69 Å². The fourth-order valence-electron chi connectivity index (χ4n) is 4.15. The standard InChI is InChI=1S/C25H23N5O3/c1-15-10-12-19(13-11-15)30-20(18-8-6-5-7-9-18)14-28-21-22(26-24(28)30)27(4)25(33)29(23(21)32)16(2)17(3)31/h5-14,16H,1-4H3/t16-/m0/s1. The van der Waals surface area contributed by atoms with Crippen LogP contribution in [0.25, 0.3) is 33.9 Å². The highest BCUT2D eigenvalue weighted by atomic mass is 16.2. The number of Topliss-reactive ketones (excluding diaryl/α,β-unsaturated/α-hetero) is 1. The summed E-state index contributed by atoms with van der Waals surface area (Å²) in [5.74, 6) is 0.240. The highest BCUT2D eigenvalue weighted by molar-refractivity contribution is 5.82. The van der Waals surface area contributed by atoms with Gasteiger partial charge in [0.05, 0.1) is 11.7 Å². The van der Waals surface area contributed by atoms with Crippen LogP contribution in [-0.2, 0) is 11.8 Å². The Bertz CT molecular complexity index is 1650. The summed E-state index contributed by atoms with van der Waals surface area (Å²) in [6.45, 7) is 4.95. The molecule has 166 valence electrons. The van der Waals surface area contributed by atoms with Gasteiger partial charge in [0.1, 0.15) is 0 Å². The molecule has 3 aromatic heterocycles. The summed E-state index contributed by atoms with van der Waals surface area (Å²) in [7, 11) is 1.56. The summed E-state index contributed by atoms with van der Waals surface area (Å²) in [5.41, 5.74) is 3.23. The van der Waals surface area contributed by atoms with Gasteiger partial charge in [-0.2, -0.15) is 4.98 Å². The number of carbonyl (C=O) groups excluding carboxylic acids is 1. The lowest BCUT2D eigenvalue weighted by Gasteiger charge is -2.12. The first-order chi connectivity index (χ1) is 15.8. The molecule has 2 aromatic carbocycles. The summed E-state index contributed by atoms with van der Waals surface area (Å²) in [5, 5.41) is 0. The van der Waals surface area contributed by atoms with Gasteiger partial charge in [-0.15, -0.1) is 0 Å². The number of rotatable bonds is 4. The van der Waals surface area contributed by atoms with Crippen molar-refractivity contribution in [2.75, 3.05) is 0 Å². The Morgan fingerprint density at radius 2 is 1.67 bits per heavy atom. The van der Waals surface area contributed by atoms with Gasteiger partial charge in [-0.05, 0) is 32.9 Å². The van der Waals surface area contributed by atoms with Crippen molar-refractivity contribution in [1.82, 2.24) is 23.1 Å². The Balaban J connectivity index is 1.94. The van der Waals surface area contributed by atoms with Crippen molar-refractivity contribution in [3.05, 3.63) is 87.2 Å². The topological polar surface area (TPSA) is 83.3 Å². The third-order valence-electron chi connectivity index (χ3n) is 6.14. The molecule has 0 aliphatic rings. The van der Waals surface area contributed by atoms with E-state index in [0.29, 0.717) is 5.78 Å². The molecule has 0 radical (unpaired) electrons. The normalized spacial score (nSPS) is 12.5. The molecule has 0 saturated carbocycles. The van der Waals surface area contributed by atoms with Crippen molar-refractivity contribution >= 4 is 22.7 Å². The van der Waals surface area contributed by atoms with Crippen LogP contribution in [0.1, 0.15) is 25.5 Å². The molecule has 33 heavy (non-hydrogen) atoms. The maximum atomic E-state index is 13.5. The van der Waals surface area contributed by atoms with Gasteiger partial charge in [-0.1, -0.05) is 48.0 Å².